The van der Waals surface area contributed by atoms with E-state index < -0.39 is 22.4 Å². The number of benzene rings is 2. The molecule has 0 unspecified atom stereocenters. The van der Waals surface area contributed by atoms with E-state index in [0.717, 1.165) is 12.3 Å². The number of non-ortho nitro benzene ring substituents is 1. The number of hydrogen-bond acceptors (Lipinski definition) is 8. The first-order valence-electron chi connectivity index (χ1n) is 7.45. The number of phenols is 1. The van der Waals surface area contributed by atoms with Crippen molar-refractivity contribution in [3.8, 4) is 11.5 Å². The number of aromatic hydroxyl groups is 1. The third-order valence-electron chi connectivity index (χ3n) is 3.34. The Morgan fingerprint density at radius 2 is 1.96 bits per heavy atom. The summed E-state index contributed by atoms with van der Waals surface area (Å²) >= 11 is 0. The predicted octanol–water partition coefficient (Wildman–Crippen LogP) is 2.05. The van der Waals surface area contributed by atoms with Gasteiger partial charge < -0.3 is 9.84 Å². The quantitative estimate of drug-likeness (QED) is 0.426. The summed E-state index contributed by atoms with van der Waals surface area (Å²) in [5.41, 5.74) is 1.89. The summed E-state index contributed by atoms with van der Waals surface area (Å²) in [6.07, 6.45) is 1.04. The molecule has 0 heterocycles. The zero-order valence-corrected chi connectivity index (χ0v) is 14.0. The Balaban J connectivity index is 2.00. The molecule has 0 bridgehead atoms. The van der Waals surface area contributed by atoms with Crippen molar-refractivity contribution < 1.29 is 24.5 Å². The molecule has 0 radical (unpaired) electrons. The van der Waals surface area contributed by atoms with Gasteiger partial charge in [-0.2, -0.15) is 5.10 Å². The van der Waals surface area contributed by atoms with Crippen molar-refractivity contribution >= 4 is 23.5 Å². The molecule has 11 nitrogen and oxygen atoms in total. The second kappa shape index (κ2) is 8.38. The lowest BCUT2D eigenvalue weighted by molar-refractivity contribution is -0.385. The number of phenolic OH excluding ortho intramolecular Hbond substituents is 1. The van der Waals surface area contributed by atoms with Gasteiger partial charge in [-0.1, -0.05) is 12.1 Å². The predicted molar refractivity (Wildman–Crippen MR) is 93.8 cm³/mol. The highest BCUT2D eigenvalue weighted by atomic mass is 16.6. The van der Waals surface area contributed by atoms with Crippen molar-refractivity contribution in [3.63, 3.8) is 0 Å². The van der Waals surface area contributed by atoms with Gasteiger partial charge in [0.2, 0.25) is 0 Å². The number of para-hydroxylation sites is 2. The Bertz CT molecular complexity index is 927. The van der Waals surface area contributed by atoms with Crippen LogP contribution in [0.25, 0.3) is 0 Å². The lowest BCUT2D eigenvalue weighted by Gasteiger charge is -2.05. The molecule has 0 aliphatic carbocycles. The summed E-state index contributed by atoms with van der Waals surface area (Å²) in [4.78, 5) is 32.2. The molecule has 27 heavy (non-hydrogen) atoms. The van der Waals surface area contributed by atoms with E-state index in [1.165, 1.54) is 37.3 Å². The highest BCUT2D eigenvalue weighted by Gasteiger charge is 2.15. The number of nitrogens with one attached hydrogen (secondary N) is 1. The van der Waals surface area contributed by atoms with Gasteiger partial charge in [0.15, 0.2) is 12.4 Å². The van der Waals surface area contributed by atoms with Crippen LogP contribution in [-0.4, -0.2) is 33.7 Å². The lowest BCUT2D eigenvalue weighted by atomic mass is 10.1. The van der Waals surface area contributed by atoms with E-state index in [4.69, 9.17) is 4.74 Å². The van der Waals surface area contributed by atoms with Gasteiger partial charge in [0.25, 0.3) is 11.6 Å². The van der Waals surface area contributed by atoms with Crippen LogP contribution in [0.3, 0.4) is 0 Å². The fourth-order valence-electron chi connectivity index (χ4n) is 2.07. The smallest absolute Gasteiger partial charge is 0.310 e. The van der Waals surface area contributed by atoms with Crippen molar-refractivity contribution in [2.75, 3.05) is 6.61 Å². The Morgan fingerprint density at radius 1 is 1.26 bits per heavy atom. The molecule has 2 aromatic carbocycles. The lowest BCUT2D eigenvalue weighted by Crippen LogP contribution is -2.24. The van der Waals surface area contributed by atoms with Crippen molar-refractivity contribution in [2.24, 2.45) is 5.10 Å². The molecule has 0 aromatic heterocycles. The molecule has 2 N–H and O–H groups in total. The molecule has 0 fully saturated rings. The zero-order chi connectivity index (χ0) is 20.0. The van der Waals surface area contributed by atoms with Gasteiger partial charge in [0.05, 0.1) is 16.1 Å². The maximum atomic E-state index is 11.7. The Kier molecular flexibility index (Phi) is 5.99. The van der Waals surface area contributed by atoms with Crippen LogP contribution in [0.2, 0.25) is 0 Å². The first kappa shape index (κ1) is 19.3. The molecular formula is C16H14N4O7. The second-order valence-corrected chi connectivity index (χ2v) is 5.26. The monoisotopic (exact) mass is 374 g/mol. The number of amides is 1. The molecule has 0 saturated heterocycles. The first-order valence-corrected chi connectivity index (χ1v) is 7.45. The topological polar surface area (TPSA) is 157 Å². The van der Waals surface area contributed by atoms with E-state index in [1.54, 1.807) is 0 Å². The number of hydrogen-bond donors (Lipinski definition) is 2. The van der Waals surface area contributed by atoms with Crippen LogP contribution in [0.4, 0.5) is 11.4 Å². The molecule has 0 saturated carbocycles. The average molecular weight is 374 g/mol. The Morgan fingerprint density at radius 3 is 2.63 bits per heavy atom. The number of nitro benzene ring substituents is 2. The molecule has 2 rings (SSSR count). The molecule has 11 heteroatoms. The normalized spacial score (nSPS) is 10.6. The fourth-order valence-corrected chi connectivity index (χ4v) is 2.07. The number of carbonyl (C=O) groups excluding carboxylic acids is 1. The number of rotatable bonds is 7. The number of carbonyl (C=O) groups is 1. The second-order valence-electron chi connectivity index (χ2n) is 5.26. The van der Waals surface area contributed by atoms with Crippen molar-refractivity contribution in [1.29, 1.82) is 0 Å². The molecule has 0 atom stereocenters. The minimum atomic E-state index is -0.717. The van der Waals surface area contributed by atoms with Gasteiger partial charge in [-0.15, -0.1) is 0 Å². The SMILES string of the molecule is Cc1cc([N+](=O)[O-])cc(C=NNC(=O)COc2ccccc2[N+](=O)[O-])c1O. The highest BCUT2D eigenvalue weighted by molar-refractivity contribution is 5.87. The van der Waals surface area contributed by atoms with E-state index in [-0.39, 0.29) is 34.0 Å². The van der Waals surface area contributed by atoms with Crippen LogP contribution in [0.1, 0.15) is 11.1 Å². The van der Waals surface area contributed by atoms with Crippen molar-refractivity contribution in [3.05, 3.63) is 67.8 Å². The fraction of sp³-hybridized carbons (Fsp3) is 0.125. The maximum absolute atomic E-state index is 11.7. The first-order chi connectivity index (χ1) is 12.8. The average Bonchev–Trinajstić information content (AvgIpc) is 2.63. The van der Waals surface area contributed by atoms with Crippen LogP contribution < -0.4 is 10.2 Å². The maximum Gasteiger partial charge on any atom is 0.310 e. The van der Waals surface area contributed by atoms with Crippen LogP contribution in [0.15, 0.2) is 41.5 Å². The summed E-state index contributed by atoms with van der Waals surface area (Å²) in [6, 6.07) is 7.86. The van der Waals surface area contributed by atoms with E-state index in [9.17, 15) is 30.1 Å². The van der Waals surface area contributed by atoms with Crippen LogP contribution in [-0.2, 0) is 4.79 Å². The van der Waals surface area contributed by atoms with Crippen LogP contribution in [0, 0.1) is 27.2 Å². The van der Waals surface area contributed by atoms with E-state index in [1.807, 2.05) is 0 Å². The molecule has 140 valence electrons. The molecular weight excluding hydrogens is 360 g/mol. The zero-order valence-electron chi connectivity index (χ0n) is 14.0. The van der Waals surface area contributed by atoms with E-state index >= 15 is 0 Å². The van der Waals surface area contributed by atoms with Crippen molar-refractivity contribution in [1.82, 2.24) is 5.43 Å². The van der Waals surface area contributed by atoms with Gasteiger partial charge in [-0.3, -0.25) is 25.0 Å². The van der Waals surface area contributed by atoms with Gasteiger partial charge >= 0.3 is 5.69 Å². The van der Waals surface area contributed by atoms with Crippen LogP contribution >= 0.6 is 0 Å². The number of ether oxygens (including phenoxy) is 1. The van der Waals surface area contributed by atoms with Crippen LogP contribution in [0.5, 0.6) is 11.5 Å². The van der Waals surface area contributed by atoms with Gasteiger partial charge in [0.1, 0.15) is 5.75 Å². The number of hydrazone groups is 1. The minimum Gasteiger partial charge on any atom is -0.507 e. The molecule has 0 spiro atoms. The Hall–Kier alpha value is -4.02. The van der Waals surface area contributed by atoms with E-state index in [0.29, 0.717) is 0 Å². The molecule has 0 aliphatic rings. The largest absolute Gasteiger partial charge is 0.507 e. The number of aryl methyl sites for hydroxylation is 1. The Labute approximate surface area is 152 Å². The highest BCUT2D eigenvalue weighted by Crippen LogP contribution is 2.27. The standard InChI is InChI=1S/C16H14N4O7/c1-10-6-12(19(23)24)7-11(16(10)22)8-17-18-15(21)9-27-14-5-3-2-4-13(14)20(25)26/h2-8,22H,9H2,1H3,(H,18,21). The van der Waals surface area contributed by atoms with Gasteiger partial charge in [0, 0.05) is 23.8 Å². The minimum absolute atomic E-state index is 0.0432. The van der Waals surface area contributed by atoms with Crippen molar-refractivity contribution in [2.45, 2.75) is 6.92 Å². The summed E-state index contributed by atoms with van der Waals surface area (Å²) in [6.45, 7) is 0.945. The summed E-state index contributed by atoms with van der Waals surface area (Å²) in [7, 11) is 0. The van der Waals surface area contributed by atoms with E-state index in [2.05, 4.69) is 10.5 Å². The molecule has 0 aliphatic heterocycles. The number of nitro groups is 2. The summed E-state index contributed by atoms with van der Waals surface area (Å²) in [5, 5.41) is 35.2. The summed E-state index contributed by atoms with van der Waals surface area (Å²) in [5.74, 6) is -1.01. The molecule has 1 amide bonds. The van der Waals surface area contributed by atoms with Gasteiger partial charge in [-0.05, 0) is 18.6 Å². The molecule has 2 aromatic rings. The number of nitrogens with zero attached hydrogens (tertiary/aromatic N) is 3. The third-order valence-corrected chi connectivity index (χ3v) is 3.34. The summed E-state index contributed by atoms with van der Waals surface area (Å²) < 4.78 is 5.09. The van der Waals surface area contributed by atoms with Gasteiger partial charge in [-0.25, -0.2) is 5.43 Å². The third kappa shape index (κ3) is 4.98.